The fraction of sp³-hybridized carbons (Fsp3) is 0.125. The predicted molar refractivity (Wildman–Crippen MR) is 79.4 cm³/mol. The summed E-state index contributed by atoms with van der Waals surface area (Å²) >= 11 is 0. The number of carbonyl (C=O) groups excluding carboxylic acids is 1. The Balaban J connectivity index is 1.90. The van der Waals surface area contributed by atoms with Crippen LogP contribution in [0.15, 0.2) is 42.7 Å². The molecular weight excluding hydrogens is 266 g/mol. The third-order valence-electron chi connectivity index (χ3n) is 3.63. The van der Waals surface area contributed by atoms with E-state index in [0.29, 0.717) is 24.5 Å². The number of carbonyl (C=O) groups is 1. The van der Waals surface area contributed by atoms with Crippen LogP contribution in [-0.4, -0.2) is 29.0 Å². The predicted octanol–water partition coefficient (Wildman–Crippen LogP) is 2.35. The van der Waals surface area contributed by atoms with E-state index in [1.165, 1.54) is 0 Å². The van der Waals surface area contributed by atoms with Crippen LogP contribution in [0.2, 0.25) is 0 Å². The fourth-order valence-corrected chi connectivity index (χ4v) is 2.62. The number of aromatic nitrogens is 2. The van der Waals surface area contributed by atoms with Gasteiger partial charge in [-0.3, -0.25) is 4.79 Å². The van der Waals surface area contributed by atoms with E-state index < -0.39 is 0 Å². The van der Waals surface area contributed by atoms with Crippen LogP contribution in [0.25, 0.3) is 22.2 Å². The highest BCUT2D eigenvalue weighted by atomic mass is 16.5. The van der Waals surface area contributed by atoms with Crippen LogP contribution in [0, 0.1) is 0 Å². The SMILES string of the molecule is O=C1NCCOc2ccc(-c3cccc4[nH]cnc34)cc21. The van der Waals surface area contributed by atoms with Crippen molar-refractivity contribution in [2.24, 2.45) is 0 Å². The normalized spacial score (nSPS) is 14.2. The zero-order valence-corrected chi connectivity index (χ0v) is 11.2. The van der Waals surface area contributed by atoms with Gasteiger partial charge in [-0.25, -0.2) is 4.98 Å². The van der Waals surface area contributed by atoms with Gasteiger partial charge in [-0.05, 0) is 23.8 Å². The molecule has 0 bridgehead atoms. The highest BCUT2D eigenvalue weighted by Crippen LogP contribution is 2.31. The molecule has 0 spiro atoms. The molecule has 4 rings (SSSR count). The number of hydrogen-bond acceptors (Lipinski definition) is 3. The van der Waals surface area contributed by atoms with E-state index >= 15 is 0 Å². The van der Waals surface area contributed by atoms with Gasteiger partial charge in [0.25, 0.3) is 5.91 Å². The van der Waals surface area contributed by atoms with Gasteiger partial charge in [-0.1, -0.05) is 18.2 Å². The summed E-state index contributed by atoms with van der Waals surface area (Å²) in [7, 11) is 0. The van der Waals surface area contributed by atoms with Gasteiger partial charge < -0.3 is 15.0 Å². The Bertz CT molecular complexity index is 838. The second-order valence-electron chi connectivity index (χ2n) is 4.92. The second-order valence-corrected chi connectivity index (χ2v) is 4.92. The molecule has 21 heavy (non-hydrogen) atoms. The van der Waals surface area contributed by atoms with Gasteiger partial charge in [-0.15, -0.1) is 0 Å². The van der Waals surface area contributed by atoms with Crippen LogP contribution in [-0.2, 0) is 0 Å². The minimum atomic E-state index is -0.0986. The molecule has 0 aliphatic carbocycles. The van der Waals surface area contributed by atoms with Gasteiger partial charge in [-0.2, -0.15) is 0 Å². The first kappa shape index (κ1) is 12.0. The van der Waals surface area contributed by atoms with Crippen molar-refractivity contribution in [3.63, 3.8) is 0 Å². The van der Waals surface area contributed by atoms with Crippen molar-refractivity contribution >= 4 is 16.9 Å². The molecule has 1 aliphatic rings. The van der Waals surface area contributed by atoms with E-state index in [0.717, 1.165) is 22.2 Å². The molecule has 2 N–H and O–H groups in total. The van der Waals surface area contributed by atoms with Crippen molar-refractivity contribution in [2.45, 2.75) is 0 Å². The molecule has 0 saturated heterocycles. The Morgan fingerprint density at radius 2 is 2.10 bits per heavy atom. The van der Waals surface area contributed by atoms with E-state index in [4.69, 9.17) is 4.74 Å². The standard InChI is InChI=1S/C16H13N3O2/c20-16-12-8-10(4-5-14(12)21-7-6-17-16)11-2-1-3-13-15(11)19-9-18-13/h1-5,8-9H,6-7H2,(H,17,20)(H,18,19). The molecule has 2 aromatic carbocycles. The summed E-state index contributed by atoms with van der Waals surface area (Å²) in [6, 6.07) is 11.6. The number of amides is 1. The Hall–Kier alpha value is -2.82. The number of H-pyrrole nitrogens is 1. The Kier molecular flexibility index (Phi) is 2.64. The zero-order chi connectivity index (χ0) is 14.2. The lowest BCUT2D eigenvalue weighted by Gasteiger charge is -2.08. The first-order chi connectivity index (χ1) is 10.3. The Morgan fingerprint density at radius 3 is 3.05 bits per heavy atom. The fourth-order valence-electron chi connectivity index (χ4n) is 2.62. The highest BCUT2D eigenvalue weighted by Gasteiger charge is 2.17. The van der Waals surface area contributed by atoms with Crippen LogP contribution in [0.3, 0.4) is 0 Å². The summed E-state index contributed by atoms with van der Waals surface area (Å²) < 4.78 is 5.58. The molecule has 0 unspecified atom stereocenters. The number of nitrogens with zero attached hydrogens (tertiary/aromatic N) is 1. The number of aromatic amines is 1. The van der Waals surface area contributed by atoms with Crippen molar-refractivity contribution in [1.29, 1.82) is 0 Å². The minimum absolute atomic E-state index is 0.0986. The molecule has 3 aromatic rings. The first-order valence-corrected chi connectivity index (χ1v) is 6.80. The highest BCUT2D eigenvalue weighted by molar-refractivity contribution is 6.00. The number of para-hydroxylation sites is 1. The van der Waals surface area contributed by atoms with E-state index in [1.807, 2.05) is 36.4 Å². The van der Waals surface area contributed by atoms with E-state index in [-0.39, 0.29) is 5.91 Å². The number of fused-ring (bicyclic) bond motifs is 2. The number of benzene rings is 2. The van der Waals surface area contributed by atoms with Crippen molar-refractivity contribution in [2.75, 3.05) is 13.2 Å². The summed E-state index contributed by atoms with van der Waals surface area (Å²) in [4.78, 5) is 19.5. The lowest BCUT2D eigenvalue weighted by atomic mass is 10.0. The van der Waals surface area contributed by atoms with Gasteiger partial charge in [0.15, 0.2) is 0 Å². The van der Waals surface area contributed by atoms with E-state index in [2.05, 4.69) is 15.3 Å². The van der Waals surface area contributed by atoms with Crippen LogP contribution < -0.4 is 10.1 Å². The molecule has 0 atom stereocenters. The molecule has 0 fully saturated rings. The molecule has 1 aromatic heterocycles. The molecule has 104 valence electrons. The lowest BCUT2D eigenvalue weighted by molar-refractivity contribution is 0.0957. The summed E-state index contributed by atoms with van der Waals surface area (Å²) in [6.07, 6.45) is 1.67. The summed E-state index contributed by atoms with van der Waals surface area (Å²) in [5, 5.41) is 2.83. The Morgan fingerprint density at radius 1 is 1.14 bits per heavy atom. The number of rotatable bonds is 1. The third kappa shape index (κ3) is 1.94. The van der Waals surface area contributed by atoms with Crippen molar-refractivity contribution in [3.05, 3.63) is 48.3 Å². The second kappa shape index (κ2) is 4.63. The molecular formula is C16H13N3O2. The lowest BCUT2D eigenvalue weighted by Crippen LogP contribution is -2.24. The molecule has 0 saturated carbocycles. The van der Waals surface area contributed by atoms with E-state index in [9.17, 15) is 4.79 Å². The smallest absolute Gasteiger partial charge is 0.255 e. The molecule has 2 heterocycles. The van der Waals surface area contributed by atoms with Crippen LogP contribution in [0.1, 0.15) is 10.4 Å². The number of imidazole rings is 1. The Labute approximate surface area is 121 Å². The molecule has 1 aliphatic heterocycles. The van der Waals surface area contributed by atoms with E-state index in [1.54, 1.807) is 6.33 Å². The van der Waals surface area contributed by atoms with Crippen molar-refractivity contribution in [1.82, 2.24) is 15.3 Å². The first-order valence-electron chi connectivity index (χ1n) is 6.80. The largest absolute Gasteiger partial charge is 0.491 e. The number of nitrogens with one attached hydrogen (secondary N) is 2. The average molecular weight is 279 g/mol. The topological polar surface area (TPSA) is 67.0 Å². The quantitative estimate of drug-likeness (QED) is 0.718. The van der Waals surface area contributed by atoms with Crippen molar-refractivity contribution in [3.8, 4) is 16.9 Å². The summed E-state index contributed by atoms with van der Waals surface area (Å²) in [5.41, 5.74) is 4.38. The van der Waals surface area contributed by atoms with Crippen LogP contribution in [0.5, 0.6) is 5.75 Å². The van der Waals surface area contributed by atoms with Gasteiger partial charge >= 0.3 is 0 Å². The van der Waals surface area contributed by atoms with Gasteiger partial charge in [0.05, 0.1) is 29.5 Å². The number of ether oxygens (including phenoxy) is 1. The molecule has 5 nitrogen and oxygen atoms in total. The average Bonchev–Trinajstić information content (AvgIpc) is 2.92. The maximum atomic E-state index is 12.1. The maximum absolute atomic E-state index is 12.1. The van der Waals surface area contributed by atoms with Gasteiger partial charge in [0.1, 0.15) is 12.4 Å². The summed E-state index contributed by atoms with van der Waals surface area (Å²) in [5.74, 6) is 0.529. The van der Waals surface area contributed by atoms with Crippen LogP contribution in [0.4, 0.5) is 0 Å². The summed E-state index contributed by atoms with van der Waals surface area (Å²) in [6.45, 7) is 1.02. The third-order valence-corrected chi connectivity index (χ3v) is 3.63. The van der Waals surface area contributed by atoms with Crippen molar-refractivity contribution < 1.29 is 9.53 Å². The monoisotopic (exact) mass is 279 g/mol. The number of hydrogen-bond donors (Lipinski definition) is 2. The van der Waals surface area contributed by atoms with Gasteiger partial charge in [0.2, 0.25) is 0 Å². The van der Waals surface area contributed by atoms with Gasteiger partial charge in [0, 0.05) is 5.56 Å². The minimum Gasteiger partial charge on any atom is -0.491 e. The molecule has 5 heteroatoms. The molecule has 1 amide bonds. The maximum Gasteiger partial charge on any atom is 0.255 e. The zero-order valence-electron chi connectivity index (χ0n) is 11.2. The molecule has 0 radical (unpaired) electrons. The van der Waals surface area contributed by atoms with Crippen LogP contribution >= 0.6 is 0 Å².